The normalized spacial score (nSPS) is 12.7. The Hall–Kier alpha value is -1.03. The average Bonchev–Trinajstić information content (AvgIpc) is 2.71. The summed E-state index contributed by atoms with van der Waals surface area (Å²) in [6, 6.07) is 7.57. The van der Waals surface area contributed by atoms with Crippen molar-refractivity contribution in [1.82, 2.24) is 9.78 Å². The maximum Gasteiger partial charge on any atom is 0.0849 e. The van der Waals surface area contributed by atoms with Crippen LogP contribution >= 0.6 is 23.2 Å². The van der Waals surface area contributed by atoms with Gasteiger partial charge < -0.3 is 5.11 Å². The Morgan fingerprint density at radius 1 is 1.35 bits per heavy atom. The first-order valence-electron chi connectivity index (χ1n) is 6.63. The second kappa shape index (κ2) is 6.61. The molecule has 2 rings (SSSR count). The largest absolute Gasteiger partial charge is 0.396 e. The van der Waals surface area contributed by atoms with Crippen LogP contribution in [0.15, 0.2) is 24.3 Å². The standard InChI is InChI=1S/C15H18Cl2N2O/c1-3-13-15(17)14(19(2)18-13)8-11(9-20)10-5-4-6-12(16)7-10/h4-7,11,20H,3,8-9H2,1-2H3. The van der Waals surface area contributed by atoms with E-state index in [2.05, 4.69) is 5.10 Å². The van der Waals surface area contributed by atoms with Gasteiger partial charge in [0.05, 0.1) is 23.0 Å². The summed E-state index contributed by atoms with van der Waals surface area (Å²) in [6.07, 6.45) is 1.44. The molecule has 0 fully saturated rings. The lowest BCUT2D eigenvalue weighted by molar-refractivity contribution is 0.263. The van der Waals surface area contributed by atoms with E-state index in [0.29, 0.717) is 16.5 Å². The summed E-state index contributed by atoms with van der Waals surface area (Å²) >= 11 is 12.4. The van der Waals surface area contributed by atoms with Crippen LogP contribution in [0.5, 0.6) is 0 Å². The monoisotopic (exact) mass is 312 g/mol. The van der Waals surface area contributed by atoms with E-state index in [9.17, 15) is 5.11 Å². The summed E-state index contributed by atoms with van der Waals surface area (Å²) in [4.78, 5) is 0. The first-order chi connectivity index (χ1) is 9.56. The third kappa shape index (κ3) is 3.17. The highest BCUT2D eigenvalue weighted by molar-refractivity contribution is 6.32. The molecule has 0 radical (unpaired) electrons. The van der Waals surface area contributed by atoms with Gasteiger partial charge in [0, 0.05) is 18.0 Å². The number of aromatic nitrogens is 2. The number of rotatable bonds is 5. The molecule has 5 heteroatoms. The zero-order valence-electron chi connectivity index (χ0n) is 11.6. The molecule has 1 atom stereocenters. The van der Waals surface area contributed by atoms with Crippen LogP contribution in [0.4, 0.5) is 0 Å². The molecule has 3 nitrogen and oxygen atoms in total. The number of nitrogens with zero attached hydrogens (tertiary/aromatic N) is 2. The van der Waals surface area contributed by atoms with E-state index < -0.39 is 0 Å². The van der Waals surface area contributed by atoms with Crippen LogP contribution in [0.1, 0.15) is 29.8 Å². The Morgan fingerprint density at radius 3 is 2.65 bits per heavy atom. The van der Waals surface area contributed by atoms with Gasteiger partial charge in [-0.15, -0.1) is 0 Å². The molecule has 108 valence electrons. The molecule has 1 aromatic carbocycles. The molecule has 1 aromatic heterocycles. The number of hydrogen-bond donors (Lipinski definition) is 1. The number of hydrogen-bond acceptors (Lipinski definition) is 2. The van der Waals surface area contributed by atoms with Crippen LogP contribution in [0.2, 0.25) is 10.0 Å². The molecule has 0 bridgehead atoms. The molecular weight excluding hydrogens is 295 g/mol. The van der Waals surface area contributed by atoms with Gasteiger partial charge in [-0.2, -0.15) is 5.10 Å². The molecule has 0 aliphatic carbocycles. The minimum absolute atomic E-state index is 0.0358. The number of halogens is 2. The molecule has 0 amide bonds. The zero-order valence-corrected chi connectivity index (χ0v) is 13.1. The second-order valence-corrected chi connectivity index (χ2v) is 5.64. The number of aliphatic hydroxyl groups excluding tert-OH is 1. The fraction of sp³-hybridized carbons (Fsp3) is 0.400. The summed E-state index contributed by atoms with van der Waals surface area (Å²) in [5.74, 6) is -0.0358. The fourth-order valence-electron chi connectivity index (χ4n) is 2.32. The Balaban J connectivity index is 2.29. The molecule has 0 aliphatic heterocycles. The van der Waals surface area contributed by atoms with E-state index in [1.807, 2.05) is 38.2 Å². The van der Waals surface area contributed by atoms with Crippen molar-refractivity contribution in [3.63, 3.8) is 0 Å². The number of aliphatic hydroxyl groups is 1. The maximum absolute atomic E-state index is 9.66. The van der Waals surface area contributed by atoms with Gasteiger partial charge >= 0.3 is 0 Å². The van der Waals surface area contributed by atoms with Crippen molar-refractivity contribution in [2.45, 2.75) is 25.7 Å². The van der Waals surface area contributed by atoms with Crippen molar-refractivity contribution < 1.29 is 5.11 Å². The summed E-state index contributed by atoms with van der Waals surface area (Å²) in [6.45, 7) is 2.07. The molecule has 1 unspecified atom stereocenters. The first kappa shape index (κ1) is 15.4. The minimum atomic E-state index is -0.0358. The third-order valence-corrected chi connectivity index (χ3v) is 4.15. The molecule has 1 heterocycles. The highest BCUT2D eigenvalue weighted by Gasteiger charge is 2.19. The average molecular weight is 313 g/mol. The zero-order chi connectivity index (χ0) is 14.7. The quantitative estimate of drug-likeness (QED) is 0.916. The predicted molar refractivity (Wildman–Crippen MR) is 82.6 cm³/mol. The van der Waals surface area contributed by atoms with Gasteiger partial charge in [0.1, 0.15) is 0 Å². The lowest BCUT2D eigenvalue weighted by Crippen LogP contribution is -2.11. The van der Waals surface area contributed by atoms with Crippen molar-refractivity contribution in [2.75, 3.05) is 6.61 Å². The molecule has 0 saturated carbocycles. The predicted octanol–water partition coefficient (Wildman–Crippen LogP) is 3.61. The van der Waals surface area contributed by atoms with Gasteiger partial charge in [0.15, 0.2) is 0 Å². The van der Waals surface area contributed by atoms with Gasteiger partial charge in [-0.05, 0) is 30.5 Å². The van der Waals surface area contributed by atoms with Crippen molar-refractivity contribution >= 4 is 23.2 Å². The van der Waals surface area contributed by atoms with E-state index in [0.717, 1.165) is 23.4 Å². The number of aryl methyl sites for hydroxylation is 2. The topological polar surface area (TPSA) is 38.0 Å². The molecule has 0 spiro atoms. The third-order valence-electron chi connectivity index (χ3n) is 3.48. The van der Waals surface area contributed by atoms with Gasteiger partial charge in [-0.3, -0.25) is 4.68 Å². The first-order valence-corrected chi connectivity index (χ1v) is 7.39. The van der Waals surface area contributed by atoms with Crippen molar-refractivity contribution in [1.29, 1.82) is 0 Å². The Kier molecular flexibility index (Phi) is 5.08. The van der Waals surface area contributed by atoms with Crippen LogP contribution in [0, 0.1) is 0 Å². The minimum Gasteiger partial charge on any atom is -0.396 e. The second-order valence-electron chi connectivity index (χ2n) is 4.82. The van der Waals surface area contributed by atoms with Crippen LogP contribution in [-0.4, -0.2) is 21.5 Å². The van der Waals surface area contributed by atoms with Gasteiger partial charge in [-0.25, -0.2) is 0 Å². The van der Waals surface area contributed by atoms with Gasteiger partial charge in [-0.1, -0.05) is 42.3 Å². The van der Waals surface area contributed by atoms with E-state index >= 15 is 0 Å². The van der Waals surface area contributed by atoms with E-state index in [4.69, 9.17) is 23.2 Å². The molecule has 0 saturated heterocycles. The van der Waals surface area contributed by atoms with Crippen LogP contribution in [0.25, 0.3) is 0 Å². The molecule has 2 aromatic rings. The van der Waals surface area contributed by atoms with E-state index in [1.54, 1.807) is 4.68 Å². The van der Waals surface area contributed by atoms with Gasteiger partial charge in [0.25, 0.3) is 0 Å². The highest BCUT2D eigenvalue weighted by Crippen LogP contribution is 2.28. The Morgan fingerprint density at radius 2 is 2.10 bits per heavy atom. The maximum atomic E-state index is 9.66. The van der Waals surface area contributed by atoms with Crippen LogP contribution in [-0.2, 0) is 19.9 Å². The van der Waals surface area contributed by atoms with Crippen molar-refractivity contribution in [3.05, 3.63) is 51.3 Å². The van der Waals surface area contributed by atoms with Crippen LogP contribution in [0.3, 0.4) is 0 Å². The summed E-state index contributed by atoms with van der Waals surface area (Å²) in [7, 11) is 1.88. The highest BCUT2D eigenvalue weighted by atomic mass is 35.5. The SMILES string of the molecule is CCc1nn(C)c(CC(CO)c2cccc(Cl)c2)c1Cl. The van der Waals surface area contributed by atoms with Gasteiger partial charge in [0.2, 0.25) is 0 Å². The summed E-state index contributed by atoms with van der Waals surface area (Å²) < 4.78 is 1.80. The molecule has 0 aliphatic rings. The molecule has 1 N–H and O–H groups in total. The smallest absolute Gasteiger partial charge is 0.0849 e. The Bertz CT molecular complexity index is 596. The lowest BCUT2D eigenvalue weighted by Gasteiger charge is -2.15. The molecule has 20 heavy (non-hydrogen) atoms. The molecular formula is C15H18Cl2N2O. The summed E-state index contributed by atoms with van der Waals surface area (Å²) in [5, 5.41) is 15.4. The van der Waals surface area contributed by atoms with E-state index in [-0.39, 0.29) is 12.5 Å². The number of benzene rings is 1. The van der Waals surface area contributed by atoms with Crippen LogP contribution < -0.4 is 0 Å². The lowest BCUT2D eigenvalue weighted by atomic mass is 9.95. The fourth-order valence-corrected chi connectivity index (χ4v) is 2.89. The Labute approximate surface area is 129 Å². The summed E-state index contributed by atoms with van der Waals surface area (Å²) in [5.41, 5.74) is 2.85. The van der Waals surface area contributed by atoms with Crippen molar-refractivity contribution in [3.8, 4) is 0 Å². The van der Waals surface area contributed by atoms with Crippen molar-refractivity contribution in [2.24, 2.45) is 7.05 Å². The van der Waals surface area contributed by atoms with E-state index in [1.165, 1.54) is 0 Å².